The third kappa shape index (κ3) is 1.43. The van der Waals surface area contributed by atoms with Crippen LogP contribution in [0.5, 0.6) is 0 Å². The zero-order chi connectivity index (χ0) is 5.11. The van der Waals surface area contributed by atoms with E-state index in [0.29, 0.717) is 13.0 Å². The fraction of sp³-hybridized carbons (Fsp3) is 0.600. The predicted octanol–water partition coefficient (Wildman–Crippen LogP) is 0.684. The average Bonchev–Trinajstić information content (AvgIpc) is 1.69. The molecule has 1 N–H and O–H groups in total. The van der Waals surface area contributed by atoms with Crippen LogP contribution in [0.3, 0.4) is 0 Å². The molecule has 7 heavy (non-hydrogen) atoms. The van der Waals surface area contributed by atoms with Gasteiger partial charge in [0.15, 0.2) is 6.30 Å². The Morgan fingerprint density at radius 2 is 2.43 bits per heavy atom. The zero-order valence-electron chi connectivity index (χ0n) is 4.02. The lowest BCUT2D eigenvalue weighted by Crippen LogP contribution is -2.30. The molecule has 1 rings (SSSR count). The van der Waals surface area contributed by atoms with Crippen LogP contribution in [0, 0.1) is 12.8 Å². The molecule has 1 aliphatic heterocycles. The maximum absolute atomic E-state index is 12.0. The van der Waals surface area contributed by atoms with Crippen molar-refractivity contribution in [2.75, 3.05) is 6.54 Å². The SMILES string of the molecule is FC1C[CH][CH]CN1. The molecule has 1 nitrogen and oxygen atoms in total. The minimum atomic E-state index is -0.801. The summed E-state index contributed by atoms with van der Waals surface area (Å²) >= 11 is 0. The Hall–Kier alpha value is -0.110. The minimum Gasteiger partial charge on any atom is -0.288 e. The normalized spacial score (nSPS) is 33.0. The Kier molecular flexibility index (Phi) is 1.63. The second kappa shape index (κ2) is 2.26. The van der Waals surface area contributed by atoms with Crippen LogP contribution in [0.2, 0.25) is 0 Å². The maximum Gasteiger partial charge on any atom is 0.151 e. The second-order valence-corrected chi connectivity index (χ2v) is 1.58. The fourth-order valence-corrected chi connectivity index (χ4v) is 0.578. The van der Waals surface area contributed by atoms with E-state index in [4.69, 9.17) is 0 Å². The Bertz CT molecular complexity index is 50.0. The molecule has 0 amide bonds. The first-order valence-corrected chi connectivity index (χ1v) is 2.42. The molecule has 0 aliphatic carbocycles. The summed E-state index contributed by atoms with van der Waals surface area (Å²) in [4.78, 5) is 0. The molecule has 2 heteroatoms. The van der Waals surface area contributed by atoms with Crippen molar-refractivity contribution in [2.45, 2.75) is 12.7 Å². The van der Waals surface area contributed by atoms with Crippen LogP contribution in [-0.2, 0) is 0 Å². The fourth-order valence-electron chi connectivity index (χ4n) is 0.578. The van der Waals surface area contributed by atoms with Gasteiger partial charge < -0.3 is 0 Å². The van der Waals surface area contributed by atoms with Gasteiger partial charge in [-0.2, -0.15) is 0 Å². The molecule has 0 aromatic rings. The summed E-state index contributed by atoms with van der Waals surface area (Å²) in [6, 6.07) is 0. The van der Waals surface area contributed by atoms with Crippen molar-refractivity contribution in [3.8, 4) is 0 Å². The van der Waals surface area contributed by atoms with Crippen molar-refractivity contribution in [3.63, 3.8) is 0 Å². The monoisotopic (exact) mass is 101 g/mol. The van der Waals surface area contributed by atoms with E-state index < -0.39 is 6.30 Å². The molecule has 1 heterocycles. The number of rotatable bonds is 0. The van der Waals surface area contributed by atoms with Crippen molar-refractivity contribution >= 4 is 0 Å². The lowest BCUT2D eigenvalue weighted by atomic mass is 10.2. The van der Waals surface area contributed by atoms with Crippen LogP contribution in [0.15, 0.2) is 0 Å². The van der Waals surface area contributed by atoms with Crippen molar-refractivity contribution in [2.24, 2.45) is 0 Å². The lowest BCUT2D eigenvalue weighted by molar-refractivity contribution is 0.265. The summed E-state index contributed by atoms with van der Waals surface area (Å²) in [5, 5.41) is 2.63. The number of halogens is 1. The smallest absolute Gasteiger partial charge is 0.151 e. The molecular formula is C5H8FN. The third-order valence-corrected chi connectivity index (χ3v) is 0.967. The Balaban J connectivity index is 2.12. The Morgan fingerprint density at radius 3 is 2.71 bits per heavy atom. The predicted molar refractivity (Wildman–Crippen MR) is 26.1 cm³/mol. The highest BCUT2D eigenvalue weighted by atomic mass is 19.1. The lowest BCUT2D eigenvalue weighted by Gasteiger charge is -2.14. The van der Waals surface area contributed by atoms with Crippen LogP contribution >= 0.6 is 0 Å². The molecule has 1 unspecified atom stereocenters. The van der Waals surface area contributed by atoms with Gasteiger partial charge in [-0.1, -0.05) is 0 Å². The van der Waals surface area contributed by atoms with Gasteiger partial charge in [0.25, 0.3) is 0 Å². The average molecular weight is 101 g/mol. The topological polar surface area (TPSA) is 12.0 Å². The summed E-state index contributed by atoms with van der Waals surface area (Å²) < 4.78 is 12.0. The van der Waals surface area contributed by atoms with Crippen molar-refractivity contribution in [3.05, 3.63) is 12.8 Å². The Labute approximate surface area is 42.9 Å². The molecule has 1 aliphatic rings. The standard InChI is InChI=1S/C5H8FN/c6-5-3-1-2-4-7-5/h1-2,5,7H,3-4H2. The summed E-state index contributed by atoms with van der Waals surface area (Å²) in [5.74, 6) is 0. The molecule has 0 aromatic carbocycles. The molecule has 1 atom stereocenters. The van der Waals surface area contributed by atoms with Gasteiger partial charge >= 0.3 is 0 Å². The first-order chi connectivity index (χ1) is 3.39. The zero-order valence-corrected chi connectivity index (χ0v) is 4.02. The van der Waals surface area contributed by atoms with Crippen molar-refractivity contribution in [1.82, 2.24) is 5.32 Å². The van der Waals surface area contributed by atoms with E-state index in [9.17, 15) is 4.39 Å². The quantitative estimate of drug-likeness (QED) is 0.442. The highest BCUT2D eigenvalue weighted by molar-refractivity contribution is 4.91. The number of alkyl halides is 1. The Morgan fingerprint density at radius 1 is 1.57 bits per heavy atom. The van der Waals surface area contributed by atoms with Crippen LogP contribution in [-0.4, -0.2) is 12.8 Å². The van der Waals surface area contributed by atoms with Gasteiger partial charge in [-0.05, 0) is 19.3 Å². The summed E-state index contributed by atoms with van der Waals surface area (Å²) in [5.41, 5.74) is 0. The molecule has 1 fully saturated rings. The van der Waals surface area contributed by atoms with E-state index in [1.165, 1.54) is 0 Å². The van der Waals surface area contributed by atoms with E-state index in [1.807, 2.05) is 12.8 Å². The van der Waals surface area contributed by atoms with Crippen molar-refractivity contribution in [1.29, 1.82) is 0 Å². The number of piperidine rings is 1. The number of nitrogens with one attached hydrogen (secondary N) is 1. The van der Waals surface area contributed by atoms with Crippen LogP contribution in [0.1, 0.15) is 6.42 Å². The van der Waals surface area contributed by atoms with Gasteiger partial charge in [0.1, 0.15) is 0 Å². The first kappa shape index (κ1) is 5.04. The van der Waals surface area contributed by atoms with Gasteiger partial charge in [0.05, 0.1) is 0 Å². The molecule has 0 aromatic heterocycles. The van der Waals surface area contributed by atoms with Crippen molar-refractivity contribution < 1.29 is 4.39 Å². The van der Waals surface area contributed by atoms with Crippen LogP contribution in [0.25, 0.3) is 0 Å². The second-order valence-electron chi connectivity index (χ2n) is 1.58. The molecule has 0 bridgehead atoms. The highest BCUT2D eigenvalue weighted by Crippen LogP contribution is 2.04. The number of hydrogen-bond donors (Lipinski definition) is 1. The summed E-state index contributed by atoms with van der Waals surface area (Å²) in [7, 11) is 0. The van der Waals surface area contributed by atoms with Gasteiger partial charge in [0.2, 0.25) is 0 Å². The van der Waals surface area contributed by atoms with Gasteiger partial charge in [-0.3, -0.25) is 5.32 Å². The first-order valence-electron chi connectivity index (χ1n) is 2.42. The van der Waals surface area contributed by atoms with E-state index in [-0.39, 0.29) is 0 Å². The molecule has 2 radical (unpaired) electrons. The largest absolute Gasteiger partial charge is 0.288 e. The van der Waals surface area contributed by atoms with Crippen LogP contribution < -0.4 is 5.32 Å². The number of hydrogen-bond acceptors (Lipinski definition) is 1. The highest BCUT2D eigenvalue weighted by Gasteiger charge is 2.08. The molecule has 0 saturated carbocycles. The van der Waals surface area contributed by atoms with Crippen LogP contribution in [0.4, 0.5) is 4.39 Å². The summed E-state index contributed by atoms with van der Waals surface area (Å²) in [6.45, 7) is 0.682. The van der Waals surface area contributed by atoms with E-state index in [2.05, 4.69) is 5.32 Å². The van der Waals surface area contributed by atoms with E-state index >= 15 is 0 Å². The van der Waals surface area contributed by atoms with Gasteiger partial charge in [-0.15, -0.1) is 0 Å². The van der Waals surface area contributed by atoms with Gasteiger partial charge in [-0.25, -0.2) is 4.39 Å². The van der Waals surface area contributed by atoms with Gasteiger partial charge in [0, 0.05) is 6.54 Å². The third-order valence-electron chi connectivity index (χ3n) is 0.967. The van der Waals surface area contributed by atoms with E-state index in [0.717, 1.165) is 0 Å². The molecular weight excluding hydrogens is 93.1 g/mol. The molecule has 0 spiro atoms. The van der Waals surface area contributed by atoms with E-state index in [1.54, 1.807) is 0 Å². The maximum atomic E-state index is 12.0. The minimum absolute atomic E-state index is 0.528. The molecule has 40 valence electrons. The molecule has 1 saturated heterocycles. The summed E-state index contributed by atoms with van der Waals surface area (Å²) in [6.07, 6.45) is 3.50.